The number of aliphatic carboxylic acids is 1. The van der Waals surface area contributed by atoms with Crippen LogP contribution >= 0.6 is 0 Å². The van der Waals surface area contributed by atoms with Crippen LogP contribution in [0.4, 0.5) is 0 Å². The van der Waals surface area contributed by atoms with Crippen molar-refractivity contribution in [1.29, 1.82) is 0 Å². The van der Waals surface area contributed by atoms with Gasteiger partial charge in [-0.25, -0.2) is 0 Å². The van der Waals surface area contributed by atoms with Crippen LogP contribution in [0.1, 0.15) is 37.8 Å². The lowest BCUT2D eigenvalue weighted by atomic mass is 9.92. The molecule has 1 fully saturated rings. The minimum absolute atomic E-state index is 0.563. The summed E-state index contributed by atoms with van der Waals surface area (Å²) in [4.78, 5) is 11.2. The van der Waals surface area contributed by atoms with Crippen LogP contribution in [0.5, 0.6) is 0 Å². The maximum atomic E-state index is 11.2. The first-order valence-electron chi connectivity index (χ1n) is 5.87. The van der Waals surface area contributed by atoms with Gasteiger partial charge in [0, 0.05) is 0 Å². The van der Waals surface area contributed by atoms with Gasteiger partial charge in [0.15, 0.2) is 0 Å². The maximum absolute atomic E-state index is 11.2. The van der Waals surface area contributed by atoms with Crippen LogP contribution in [0.25, 0.3) is 0 Å². The smallest absolute Gasteiger partial charge is 0.314 e. The molecule has 1 aliphatic carbocycles. The van der Waals surface area contributed by atoms with Crippen molar-refractivity contribution in [2.45, 2.75) is 38.5 Å². The van der Waals surface area contributed by atoms with Gasteiger partial charge < -0.3 is 5.11 Å². The summed E-state index contributed by atoms with van der Waals surface area (Å²) < 4.78 is 0. The van der Waals surface area contributed by atoms with Crippen molar-refractivity contribution >= 4 is 5.97 Å². The van der Waals surface area contributed by atoms with Crippen molar-refractivity contribution < 1.29 is 9.90 Å². The minimum Gasteiger partial charge on any atom is -0.481 e. The van der Waals surface area contributed by atoms with E-state index in [2.05, 4.69) is 26.0 Å². The van der Waals surface area contributed by atoms with Gasteiger partial charge in [-0.3, -0.25) is 4.79 Å². The van der Waals surface area contributed by atoms with Gasteiger partial charge in [-0.15, -0.1) is 0 Å². The number of rotatable bonds is 4. The second-order valence-corrected chi connectivity index (χ2v) is 5.19. The molecule has 2 nitrogen and oxygen atoms in total. The molecule has 1 saturated carbocycles. The van der Waals surface area contributed by atoms with Gasteiger partial charge in [-0.05, 0) is 36.3 Å². The van der Waals surface area contributed by atoms with Crippen LogP contribution < -0.4 is 0 Å². The number of hydrogen-bond donors (Lipinski definition) is 1. The number of carboxylic acid groups (broad SMARTS) is 1. The fraction of sp³-hybridized carbons (Fsp3) is 0.500. The normalized spacial score (nSPS) is 17.4. The summed E-state index contributed by atoms with van der Waals surface area (Å²) in [5.74, 6) is -0.0653. The molecule has 86 valence electrons. The summed E-state index contributed by atoms with van der Waals surface area (Å²) in [6.45, 7) is 4.35. The van der Waals surface area contributed by atoms with Gasteiger partial charge in [-0.2, -0.15) is 0 Å². The monoisotopic (exact) mass is 218 g/mol. The standard InChI is InChI=1S/C14H18O2/c1-10(2)8-11-4-3-5-12(9-11)14(6-7-14)13(15)16/h3-5,9-10H,6-8H2,1-2H3,(H,15,16). The van der Waals surface area contributed by atoms with E-state index >= 15 is 0 Å². The SMILES string of the molecule is CC(C)Cc1cccc(C2(C(=O)O)CC2)c1. The highest BCUT2D eigenvalue weighted by molar-refractivity contribution is 5.84. The van der Waals surface area contributed by atoms with E-state index in [4.69, 9.17) is 0 Å². The second kappa shape index (κ2) is 3.93. The lowest BCUT2D eigenvalue weighted by molar-refractivity contribution is -0.140. The number of benzene rings is 1. The predicted molar refractivity (Wildman–Crippen MR) is 63.5 cm³/mol. The number of hydrogen-bond acceptors (Lipinski definition) is 1. The lowest BCUT2D eigenvalue weighted by Gasteiger charge is -2.12. The molecule has 2 rings (SSSR count). The first-order chi connectivity index (χ1) is 7.54. The molecule has 1 aromatic rings. The Bertz CT molecular complexity index is 403. The Morgan fingerprint density at radius 2 is 2.12 bits per heavy atom. The van der Waals surface area contributed by atoms with Crippen LogP contribution in [0.3, 0.4) is 0 Å². The Hall–Kier alpha value is -1.31. The zero-order valence-corrected chi connectivity index (χ0v) is 9.86. The molecule has 0 saturated heterocycles. The van der Waals surface area contributed by atoms with E-state index in [1.165, 1.54) is 5.56 Å². The van der Waals surface area contributed by atoms with Crippen molar-refractivity contribution in [2.24, 2.45) is 5.92 Å². The Kier molecular flexibility index (Phi) is 2.75. The van der Waals surface area contributed by atoms with E-state index < -0.39 is 11.4 Å². The summed E-state index contributed by atoms with van der Waals surface area (Å²) in [6.07, 6.45) is 2.59. The molecule has 0 amide bonds. The van der Waals surface area contributed by atoms with Crippen LogP contribution in [0.15, 0.2) is 24.3 Å². The van der Waals surface area contributed by atoms with Gasteiger partial charge in [0.05, 0.1) is 5.41 Å². The maximum Gasteiger partial charge on any atom is 0.314 e. The number of carbonyl (C=O) groups is 1. The molecule has 0 aliphatic heterocycles. The predicted octanol–water partition coefficient (Wildman–Crippen LogP) is 3.00. The molecule has 0 heterocycles. The minimum atomic E-state index is -0.672. The molecule has 0 bridgehead atoms. The Labute approximate surface area is 96.3 Å². The molecule has 1 N–H and O–H groups in total. The average Bonchev–Trinajstić information content (AvgIpc) is 2.97. The molecule has 0 unspecified atom stereocenters. The van der Waals surface area contributed by atoms with Crippen molar-refractivity contribution in [3.8, 4) is 0 Å². The number of carboxylic acids is 1. The molecule has 0 aromatic heterocycles. The van der Waals surface area contributed by atoms with E-state index in [9.17, 15) is 9.90 Å². The van der Waals surface area contributed by atoms with Gasteiger partial charge in [0.25, 0.3) is 0 Å². The van der Waals surface area contributed by atoms with Crippen LogP contribution in [0, 0.1) is 5.92 Å². The molecule has 1 aromatic carbocycles. The van der Waals surface area contributed by atoms with Gasteiger partial charge >= 0.3 is 5.97 Å². The first kappa shape index (κ1) is 11.2. The summed E-state index contributed by atoms with van der Waals surface area (Å²) in [7, 11) is 0. The van der Waals surface area contributed by atoms with E-state index in [0.717, 1.165) is 24.8 Å². The van der Waals surface area contributed by atoms with E-state index in [0.29, 0.717) is 5.92 Å². The fourth-order valence-corrected chi connectivity index (χ4v) is 2.22. The van der Waals surface area contributed by atoms with Crippen LogP contribution in [-0.2, 0) is 16.6 Å². The summed E-state index contributed by atoms with van der Waals surface area (Å²) in [5.41, 5.74) is 1.67. The van der Waals surface area contributed by atoms with Crippen LogP contribution in [-0.4, -0.2) is 11.1 Å². The highest BCUT2D eigenvalue weighted by Crippen LogP contribution is 2.48. The quantitative estimate of drug-likeness (QED) is 0.843. The van der Waals surface area contributed by atoms with E-state index in [-0.39, 0.29) is 0 Å². The molecule has 1 aliphatic rings. The first-order valence-corrected chi connectivity index (χ1v) is 5.87. The largest absolute Gasteiger partial charge is 0.481 e. The third kappa shape index (κ3) is 1.97. The van der Waals surface area contributed by atoms with E-state index in [1.807, 2.05) is 12.1 Å². The van der Waals surface area contributed by atoms with Gasteiger partial charge in [0.1, 0.15) is 0 Å². The zero-order chi connectivity index (χ0) is 11.8. The highest BCUT2D eigenvalue weighted by atomic mass is 16.4. The Morgan fingerprint density at radius 3 is 2.62 bits per heavy atom. The molecule has 2 heteroatoms. The second-order valence-electron chi connectivity index (χ2n) is 5.19. The fourth-order valence-electron chi connectivity index (χ4n) is 2.22. The Morgan fingerprint density at radius 1 is 1.44 bits per heavy atom. The van der Waals surface area contributed by atoms with Gasteiger partial charge in [0.2, 0.25) is 0 Å². The lowest BCUT2D eigenvalue weighted by Crippen LogP contribution is -2.19. The highest BCUT2D eigenvalue weighted by Gasteiger charge is 2.51. The van der Waals surface area contributed by atoms with Gasteiger partial charge in [-0.1, -0.05) is 38.1 Å². The van der Waals surface area contributed by atoms with Crippen molar-refractivity contribution in [2.75, 3.05) is 0 Å². The van der Waals surface area contributed by atoms with Crippen LogP contribution in [0.2, 0.25) is 0 Å². The molecule has 0 radical (unpaired) electrons. The summed E-state index contributed by atoms with van der Waals surface area (Å²) in [5, 5.41) is 9.23. The molecule has 16 heavy (non-hydrogen) atoms. The molecular formula is C14H18O2. The summed E-state index contributed by atoms with van der Waals surface area (Å²) >= 11 is 0. The van der Waals surface area contributed by atoms with Crippen molar-refractivity contribution in [3.05, 3.63) is 35.4 Å². The summed E-state index contributed by atoms with van der Waals surface area (Å²) in [6, 6.07) is 8.09. The topological polar surface area (TPSA) is 37.3 Å². The van der Waals surface area contributed by atoms with Crippen molar-refractivity contribution in [3.63, 3.8) is 0 Å². The third-order valence-electron chi connectivity index (χ3n) is 3.28. The third-order valence-corrected chi connectivity index (χ3v) is 3.28. The molecular weight excluding hydrogens is 200 g/mol. The molecule has 0 spiro atoms. The zero-order valence-electron chi connectivity index (χ0n) is 9.86. The molecule has 0 atom stereocenters. The Balaban J connectivity index is 2.26. The van der Waals surface area contributed by atoms with Crippen molar-refractivity contribution in [1.82, 2.24) is 0 Å². The van der Waals surface area contributed by atoms with E-state index in [1.54, 1.807) is 0 Å². The average molecular weight is 218 g/mol.